The molecule has 0 N–H and O–H groups in total. The van der Waals surface area contributed by atoms with Gasteiger partial charge in [-0.3, -0.25) is 9.88 Å². The van der Waals surface area contributed by atoms with Crippen molar-refractivity contribution in [3.05, 3.63) is 188 Å². The SMILES string of the molecule is c1ccc([Si]2(c3ccccc3)c3cccnc3N(c3cccc(Oc4cccc(-c5ccccn5)c4)c3)c3ccc4c(sc5ccccc54)c32)cc1. The third kappa shape index (κ3) is 4.80. The maximum absolute atomic E-state index is 6.57. The van der Waals surface area contributed by atoms with Crippen LogP contribution >= 0.6 is 11.3 Å². The van der Waals surface area contributed by atoms with Crippen LogP contribution in [-0.4, -0.2) is 18.0 Å². The molecule has 52 heavy (non-hydrogen) atoms. The first kappa shape index (κ1) is 30.5. The van der Waals surface area contributed by atoms with Gasteiger partial charge >= 0.3 is 0 Å². The Bertz CT molecular complexity index is 2690. The average Bonchev–Trinajstić information content (AvgIpc) is 3.60. The number of benzene rings is 6. The monoisotopic (exact) mass is 701 g/mol. The summed E-state index contributed by atoms with van der Waals surface area (Å²) in [6, 6.07) is 62.6. The van der Waals surface area contributed by atoms with E-state index in [1.807, 2.05) is 66.2 Å². The van der Waals surface area contributed by atoms with Crippen LogP contribution in [0.25, 0.3) is 31.4 Å². The first-order valence-electron chi connectivity index (χ1n) is 17.4. The molecule has 4 nitrogen and oxygen atoms in total. The molecule has 246 valence electrons. The van der Waals surface area contributed by atoms with Gasteiger partial charge in [-0.1, -0.05) is 115 Å². The first-order valence-corrected chi connectivity index (χ1v) is 20.2. The Kier molecular flexibility index (Phi) is 7.30. The Morgan fingerprint density at radius 2 is 1.25 bits per heavy atom. The second-order valence-corrected chi connectivity index (χ2v) is 17.7. The minimum atomic E-state index is -2.92. The van der Waals surface area contributed by atoms with E-state index in [0.29, 0.717) is 0 Å². The van der Waals surface area contributed by atoms with Crippen molar-refractivity contribution in [2.45, 2.75) is 0 Å². The smallest absolute Gasteiger partial charge is 0.188 e. The summed E-state index contributed by atoms with van der Waals surface area (Å²) in [5.74, 6) is 2.45. The minimum Gasteiger partial charge on any atom is -0.457 e. The molecule has 6 heteroatoms. The molecule has 1 aliphatic rings. The van der Waals surface area contributed by atoms with Crippen LogP contribution < -0.4 is 30.4 Å². The van der Waals surface area contributed by atoms with Gasteiger partial charge in [0.1, 0.15) is 17.3 Å². The number of rotatable bonds is 6. The van der Waals surface area contributed by atoms with Crippen molar-refractivity contribution in [1.82, 2.24) is 9.97 Å². The van der Waals surface area contributed by atoms with E-state index >= 15 is 0 Å². The molecule has 1 aliphatic heterocycles. The van der Waals surface area contributed by atoms with Crippen LogP contribution in [0.3, 0.4) is 0 Å². The number of nitrogens with zero attached hydrogens (tertiary/aromatic N) is 3. The van der Waals surface area contributed by atoms with Crippen LogP contribution in [0.1, 0.15) is 0 Å². The summed E-state index contributed by atoms with van der Waals surface area (Å²) < 4.78 is 9.20. The molecule has 0 fully saturated rings. The van der Waals surface area contributed by atoms with Crippen molar-refractivity contribution in [2.24, 2.45) is 0 Å². The molecule has 0 saturated heterocycles. The second kappa shape index (κ2) is 12.5. The highest BCUT2D eigenvalue weighted by Crippen LogP contribution is 2.43. The number of hydrogen-bond acceptors (Lipinski definition) is 5. The van der Waals surface area contributed by atoms with Crippen molar-refractivity contribution in [3.63, 3.8) is 0 Å². The van der Waals surface area contributed by atoms with Gasteiger partial charge in [-0.15, -0.1) is 11.3 Å². The average molecular weight is 702 g/mol. The maximum Gasteiger partial charge on any atom is 0.188 e. The van der Waals surface area contributed by atoms with E-state index in [4.69, 9.17) is 9.72 Å². The van der Waals surface area contributed by atoms with E-state index in [9.17, 15) is 0 Å². The van der Waals surface area contributed by atoms with E-state index in [-0.39, 0.29) is 0 Å². The topological polar surface area (TPSA) is 38.2 Å². The van der Waals surface area contributed by atoms with E-state index in [1.165, 1.54) is 40.9 Å². The highest BCUT2D eigenvalue weighted by atomic mass is 32.1. The summed E-state index contributed by atoms with van der Waals surface area (Å²) in [7, 11) is -2.92. The molecular formula is C46H31N3OSSi. The molecule has 0 unspecified atom stereocenters. The van der Waals surface area contributed by atoms with Crippen LogP contribution in [0.2, 0.25) is 0 Å². The summed E-state index contributed by atoms with van der Waals surface area (Å²) in [5, 5.41) is 7.91. The zero-order chi connectivity index (χ0) is 34.5. The van der Waals surface area contributed by atoms with Crippen LogP contribution in [0.4, 0.5) is 17.2 Å². The lowest BCUT2D eigenvalue weighted by Crippen LogP contribution is -2.77. The van der Waals surface area contributed by atoms with Crippen molar-refractivity contribution >= 4 is 77.5 Å². The molecule has 0 atom stereocenters. The lowest BCUT2D eigenvalue weighted by atomic mass is 10.1. The molecule has 4 heterocycles. The van der Waals surface area contributed by atoms with Crippen LogP contribution in [0.5, 0.6) is 11.5 Å². The summed E-state index contributed by atoms with van der Waals surface area (Å²) in [5.41, 5.74) is 4.06. The molecule has 0 spiro atoms. The molecule has 0 amide bonds. The van der Waals surface area contributed by atoms with E-state index in [2.05, 4.69) is 143 Å². The standard InChI is InChI=1S/C46H31N3OSSi/c1-3-18-36(19-4-1)52(37-20-5-2-6-21-37)43-25-13-29-48-46(43)49(41-27-26-39-38-22-7-8-24-42(38)51-44(39)45(41)52)33-15-12-17-35(31-33)50-34-16-11-14-32(30-34)40-23-9-10-28-47-40/h1-31H. The van der Waals surface area contributed by atoms with Gasteiger partial charge in [0.15, 0.2) is 8.07 Å². The number of thiophene rings is 1. The third-order valence-corrected chi connectivity index (χ3v) is 16.3. The molecule has 10 rings (SSSR count). The molecule has 9 aromatic rings. The quantitative estimate of drug-likeness (QED) is 0.162. The van der Waals surface area contributed by atoms with Crippen molar-refractivity contribution in [3.8, 4) is 22.8 Å². The number of fused-ring (bicyclic) bond motifs is 6. The van der Waals surface area contributed by atoms with Gasteiger partial charge in [-0.05, 0) is 75.3 Å². The lowest BCUT2D eigenvalue weighted by Gasteiger charge is -2.44. The minimum absolute atomic E-state index is 0.748. The predicted molar refractivity (Wildman–Crippen MR) is 219 cm³/mol. The Morgan fingerprint density at radius 3 is 2.04 bits per heavy atom. The van der Waals surface area contributed by atoms with Gasteiger partial charge in [0.05, 0.1) is 11.4 Å². The summed E-state index contributed by atoms with van der Waals surface area (Å²) in [6.45, 7) is 0. The highest BCUT2D eigenvalue weighted by molar-refractivity contribution is 7.31. The first-order chi connectivity index (χ1) is 25.8. The highest BCUT2D eigenvalue weighted by Gasteiger charge is 2.51. The van der Waals surface area contributed by atoms with Gasteiger partial charge in [0, 0.05) is 49.9 Å². The Hall–Kier alpha value is -6.34. The number of pyridine rings is 2. The molecular weight excluding hydrogens is 671 g/mol. The Balaban J connectivity index is 1.22. The summed E-state index contributed by atoms with van der Waals surface area (Å²) >= 11 is 1.90. The van der Waals surface area contributed by atoms with Gasteiger partial charge < -0.3 is 4.74 Å². The number of aromatic nitrogens is 2. The van der Waals surface area contributed by atoms with Gasteiger partial charge in [0.2, 0.25) is 0 Å². The Labute approximate surface area is 306 Å². The summed E-state index contributed by atoms with van der Waals surface area (Å²) in [6.07, 6.45) is 3.74. The van der Waals surface area contributed by atoms with E-state index in [0.717, 1.165) is 39.9 Å². The van der Waals surface area contributed by atoms with Gasteiger partial charge in [0.25, 0.3) is 0 Å². The van der Waals surface area contributed by atoms with Crippen LogP contribution in [0.15, 0.2) is 188 Å². The summed E-state index contributed by atoms with van der Waals surface area (Å²) in [4.78, 5) is 12.1. The van der Waals surface area contributed by atoms with Crippen LogP contribution in [-0.2, 0) is 0 Å². The van der Waals surface area contributed by atoms with E-state index in [1.54, 1.807) is 0 Å². The number of anilines is 3. The molecule has 0 radical (unpaired) electrons. The number of hydrogen-bond donors (Lipinski definition) is 0. The maximum atomic E-state index is 6.57. The third-order valence-electron chi connectivity index (χ3n) is 10.1. The molecule has 0 saturated carbocycles. The molecule has 0 bridgehead atoms. The second-order valence-electron chi connectivity index (χ2n) is 13.0. The fourth-order valence-corrected chi connectivity index (χ4v) is 14.8. The van der Waals surface area contributed by atoms with Crippen molar-refractivity contribution < 1.29 is 4.74 Å². The van der Waals surface area contributed by atoms with Gasteiger partial charge in [-0.25, -0.2) is 4.98 Å². The molecule has 0 aliphatic carbocycles. The zero-order valence-electron chi connectivity index (χ0n) is 28.1. The fourth-order valence-electron chi connectivity index (χ4n) is 7.92. The predicted octanol–water partition coefficient (Wildman–Crippen LogP) is 9.46. The number of ether oxygens (including phenoxy) is 1. The van der Waals surface area contributed by atoms with Crippen molar-refractivity contribution in [1.29, 1.82) is 0 Å². The Morgan fingerprint density at radius 1 is 0.538 bits per heavy atom. The fraction of sp³-hybridized carbons (Fsp3) is 0. The van der Waals surface area contributed by atoms with Crippen LogP contribution in [0, 0.1) is 0 Å². The largest absolute Gasteiger partial charge is 0.457 e. The zero-order valence-corrected chi connectivity index (χ0v) is 29.9. The lowest BCUT2D eigenvalue weighted by molar-refractivity contribution is 0.483. The van der Waals surface area contributed by atoms with Gasteiger partial charge in [-0.2, -0.15) is 0 Å². The van der Waals surface area contributed by atoms with Crippen molar-refractivity contribution in [2.75, 3.05) is 4.90 Å². The molecule has 3 aromatic heterocycles. The normalized spacial score (nSPS) is 13.1. The molecule has 6 aromatic carbocycles. The van der Waals surface area contributed by atoms with E-state index < -0.39 is 8.07 Å².